The summed E-state index contributed by atoms with van der Waals surface area (Å²) in [6.07, 6.45) is 3.62. The van der Waals surface area contributed by atoms with Gasteiger partial charge in [0.2, 0.25) is 5.95 Å². The van der Waals surface area contributed by atoms with Crippen LogP contribution in [0, 0.1) is 18.6 Å². The monoisotopic (exact) mass is 401 g/mol. The maximum atomic E-state index is 13.9. The van der Waals surface area contributed by atoms with Crippen LogP contribution in [0.3, 0.4) is 0 Å². The van der Waals surface area contributed by atoms with Crippen LogP contribution in [0.5, 0.6) is 0 Å². The van der Waals surface area contributed by atoms with E-state index in [1.807, 2.05) is 13.0 Å². The lowest BCUT2D eigenvalue weighted by molar-refractivity contribution is 0.0741. The van der Waals surface area contributed by atoms with Crippen LogP contribution in [0.1, 0.15) is 35.3 Å². The standard InChI is InChI=1S/C21H25F2N5O/c1-15-13-19(26-7-3-2-4-8-26)25-21(24-15)28-11-9-27(10-12-28)20(29)17-6-5-16(22)14-18(17)23/h5-6,13-14H,2-4,7-12H2,1H3. The van der Waals surface area contributed by atoms with Crippen molar-refractivity contribution in [3.05, 3.63) is 47.2 Å². The summed E-state index contributed by atoms with van der Waals surface area (Å²) in [5, 5.41) is 0. The van der Waals surface area contributed by atoms with E-state index >= 15 is 0 Å². The topological polar surface area (TPSA) is 52.6 Å². The molecule has 29 heavy (non-hydrogen) atoms. The predicted molar refractivity (Wildman–Crippen MR) is 107 cm³/mol. The number of aromatic nitrogens is 2. The summed E-state index contributed by atoms with van der Waals surface area (Å²) in [5.74, 6) is -0.304. The second kappa shape index (κ2) is 8.31. The molecule has 0 aliphatic carbocycles. The highest BCUT2D eigenvalue weighted by Gasteiger charge is 2.26. The first-order valence-electron chi connectivity index (χ1n) is 10.1. The molecule has 3 heterocycles. The minimum Gasteiger partial charge on any atom is -0.356 e. The van der Waals surface area contributed by atoms with Crippen molar-refractivity contribution in [1.29, 1.82) is 0 Å². The second-order valence-electron chi connectivity index (χ2n) is 7.62. The molecule has 1 amide bonds. The first-order valence-corrected chi connectivity index (χ1v) is 10.1. The quantitative estimate of drug-likeness (QED) is 0.791. The zero-order chi connectivity index (χ0) is 20.4. The van der Waals surface area contributed by atoms with Gasteiger partial charge in [-0.2, -0.15) is 4.98 Å². The molecule has 2 fully saturated rings. The van der Waals surface area contributed by atoms with Crippen molar-refractivity contribution in [3.8, 4) is 0 Å². The van der Waals surface area contributed by atoms with Crippen LogP contribution in [-0.2, 0) is 0 Å². The number of hydrogen-bond acceptors (Lipinski definition) is 5. The molecule has 154 valence electrons. The van der Waals surface area contributed by atoms with E-state index < -0.39 is 17.5 Å². The number of halogens is 2. The van der Waals surface area contributed by atoms with Gasteiger partial charge in [0.05, 0.1) is 5.56 Å². The fraction of sp³-hybridized carbons (Fsp3) is 0.476. The third kappa shape index (κ3) is 4.31. The summed E-state index contributed by atoms with van der Waals surface area (Å²) in [6, 6.07) is 5.07. The molecule has 2 saturated heterocycles. The van der Waals surface area contributed by atoms with Gasteiger partial charge in [-0.1, -0.05) is 0 Å². The molecule has 2 aliphatic heterocycles. The Hall–Kier alpha value is -2.77. The zero-order valence-electron chi connectivity index (χ0n) is 16.6. The second-order valence-corrected chi connectivity index (χ2v) is 7.62. The molecular weight excluding hydrogens is 376 g/mol. The van der Waals surface area contributed by atoms with Crippen LogP contribution in [0.15, 0.2) is 24.3 Å². The van der Waals surface area contributed by atoms with E-state index in [1.54, 1.807) is 4.90 Å². The summed E-state index contributed by atoms with van der Waals surface area (Å²) in [4.78, 5) is 27.9. The third-order valence-electron chi connectivity index (χ3n) is 5.52. The van der Waals surface area contributed by atoms with Crippen molar-refractivity contribution >= 4 is 17.7 Å². The lowest BCUT2D eigenvalue weighted by Crippen LogP contribution is -2.49. The Kier molecular flexibility index (Phi) is 5.60. The molecule has 6 nitrogen and oxygen atoms in total. The number of hydrogen-bond donors (Lipinski definition) is 0. The number of rotatable bonds is 3. The highest BCUT2D eigenvalue weighted by molar-refractivity contribution is 5.94. The molecule has 1 aromatic carbocycles. The summed E-state index contributed by atoms with van der Waals surface area (Å²) >= 11 is 0. The van der Waals surface area contributed by atoms with Crippen molar-refractivity contribution in [3.63, 3.8) is 0 Å². The highest BCUT2D eigenvalue weighted by atomic mass is 19.1. The number of amides is 1. The highest BCUT2D eigenvalue weighted by Crippen LogP contribution is 2.22. The van der Waals surface area contributed by atoms with Gasteiger partial charge < -0.3 is 14.7 Å². The largest absolute Gasteiger partial charge is 0.356 e. The molecular formula is C21H25F2N5O. The van der Waals surface area contributed by atoms with E-state index in [9.17, 15) is 13.6 Å². The van der Waals surface area contributed by atoms with E-state index in [0.717, 1.165) is 36.7 Å². The summed E-state index contributed by atoms with van der Waals surface area (Å²) in [7, 11) is 0. The molecule has 0 unspecified atom stereocenters. The van der Waals surface area contributed by atoms with E-state index in [4.69, 9.17) is 4.98 Å². The molecule has 0 spiro atoms. The molecule has 0 N–H and O–H groups in total. The molecule has 4 rings (SSSR count). The molecule has 2 aliphatic rings. The number of aryl methyl sites for hydroxylation is 1. The Balaban J connectivity index is 1.44. The Morgan fingerprint density at radius 2 is 1.62 bits per heavy atom. The van der Waals surface area contributed by atoms with Gasteiger partial charge in [0.15, 0.2) is 0 Å². The van der Waals surface area contributed by atoms with Gasteiger partial charge in [0, 0.05) is 57.1 Å². The average molecular weight is 401 g/mol. The first-order chi connectivity index (χ1) is 14.0. The fourth-order valence-electron chi connectivity index (χ4n) is 3.91. The van der Waals surface area contributed by atoms with E-state index in [1.165, 1.54) is 25.3 Å². The SMILES string of the molecule is Cc1cc(N2CCCCC2)nc(N2CCN(C(=O)c3ccc(F)cc3F)CC2)n1. The minimum absolute atomic E-state index is 0.0981. The van der Waals surface area contributed by atoms with Crippen molar-refractivity contribution in [2.45, 2.75) is 26.2 Å². The van der Waals surface area contributed by atoms with E-state index in [0.29, 0.717) is 32.1 Å². The van der Waals surface area contributed by atoms with Crippen LogP contribution in [-0.4, -0.2) is 60.0 Å². The maximum absolute atomic E-state index is 13.9. The summed E-state index contributed by atoms with van der Waals surface area (Å²) < 4.78 is 27.0. The van der Waals surface area contributed by atoms with Crippen LogP contribution >= 0.6 is 0 Å². The Morgan fingerprint density at radius 3 is 2.31 bits per heavy atom. The van der Waals surface area contributed by atoms with Crippen LogP contribution in [0.25, 0.3) is 0 Å². The third-order valence-corrected chi connectivity index (χ3v) is 5.52. The van der Waals surface area contributed by atoms with Crippen LogP contribution < -0.4 is 9.80 Å². The number of carbonyl (C=O) groups is 1. The van der Waals surface area contributed by atoms with Gasteiger partial charge in [-0.25, -0.2) is 13.8 Å². The maximum Gasteiger partial charge on any atom is 0.256 e. The van der Waals surface area contributed by atoms with Gasteiger partial charge in [-0.3, -0.25) is 4.79 Å². The van der Waals surface area contributed by atoms with Gasteiger partial charge in [-0.05, 0) is 38.3 Å². The minimum atomic E-state index is -0.828. The van der Waals surface area contributed by atoms with Crippen molar-refractivity contribution in [2.24, 2.45) is 0 Å². The molecule has 1 aromatic heterocycles. The van der Waals surface area contributed by atoms with E-state index in [2.05, 4.69) is 14.8 Å². The predicted octanol–water partition coefficient (Wildman–Crippen LogP) is 3.02. The number of piperidine rings is 1. The Morgan fingerprint density at radius 1 is 0.897 bits per heavy atom. The van der Waals surface area contributed by atoms with Crippen LogP contribution in [0.2, 0.25) is 0 Å². The number of nitrogens with zero attached hydrogens (tertiary/aromatic N) is 5. The molecule has 0 radical (unpaired) electrons. The van der Waals surface area contributed by atoms with Crippen molar-refractivity contribution in [2.75, 3.05) is 49.1 Å². The molecule has 0 atom stereocenters. The zero-order valence-corrected chi connectivity index (χ0v) is 16.6. The lowest BCUT2D eigenvalue weighted by atomic mass is 10.1. The smallest absolute Gasteiger partial charge is 0.256 e. The van der Waals surface area contributed by atoms with Crippen molar-refractivity contribution < 1.29 is 13.6 Å². The first kappa shape index (κ1) is 19.5. The fourth-order valence-corrected chi connectivity index (χ4v) is 3.91. The molecule has 0 bridgehead atoms. The molecule has 8 heteroatoms. The summed E-state index contributed by atoms with van der Waals surface area (Å²) in [6.45, 7) is 6.01. The van der Waals surface area contributed by atoms with Gasteiger partial charge in [0.25, 0.3) is 5.91 Å². The normalized spacial score (nSPS) is 17.6. The van der Waals surface area contributed by atoms with Gasteiger partial charge in [-0.15, -0.1) is 0 Å². The number of benzene rings is 1. The van der Waals surface area contributed by atoms with Gasteiger partial charge in [0.1, 0.15) is 17.5 Å². The van der Waals surface area contributed by atoms with Gasteiger partial charge >= 0.3 is 0 Å². The lowest BCUT2D eigenvalue weighted by Gasteiger charge is -2.35. The number of anilines is 2. The molecule has 2 aromatic rings. The molecule has 0 saturated carbocycles. The van der Waals surface area contributed by atoms with E-state index in [-0.39, 0.29) is 5.56 Å². The Bertz CT molecular complexity index is 893. The van der Waals surface area contributed by atoms with Crippen molar-refractivity contribution in [1.82, 2.24) is 14.9 Å². The van der Waals surface area contributed by atoms with Crippen LogP contribution in [0.4, 0.5) is 20.5 Å². The number of piperazine rings is 1. The summed E-state index contributed by atoms with van der Waals surface area (Å²) in [5.41, 5.74) is 0.821. The Labute approximate surface area is 169 Å². The number of carbonyl (C=O) groups excluding carboxylic acids is 1. The average Bonchev–Trinajstić information content (AvgIpc) is 2.74.